The lowest BCUT2D eigenvalue weighted by Crippen LogP contribution is -2.44. The van der Waals surface area contributed by atoms with Crippen molar-refractivity contribution >= 4 is 17.9 Å². The van der Waals surface area contributed by atoms with E-state index in [1.165, 1.54) is 17.3 Å². The molecular formula is C20H25N5O2S. The quantitative estimate of drug-likeness (QED) is 0.473. The van der Waals surface area contributed by atoms with Crippen LogP contribution in [0.3, 0.4) is 0 Å². The molecule has 1 saturated heterocycles. The lowest BCUT2D eigenvalue weighted by atomic mass is 9.96. The van der Waals surface area contributed by atoms with Gasteiger partial charge in [-0.25, -0.2) is 4.98 Å². The van der Waals surface area contributed by atoms with Crippen molar-refractivity contribution in [1.29, 1.82) is 0 Å². The smallest absolute Gasteiger partial charge is 0.270 e. The van der Waals surface area contributed by atoms with Gasteiger partial charge in [0.15, 0.2) is 0 Å². The zero-order valence-electron chi connectivity index (χ0n) is 15.9. The molecule has 28 heavy (non-hydrogen) atoms. The number of hydrogen-bond donors (Lipinski definition) is 1. The van der Waals surface area contributed by atoms with E-state index >= 15 is 0 Å². The van der Waals surface area contributed by atoms with E-state index in [1.54, 1.807) is 12.1 Å². The number of nitro groups is 1. The van der Waals surface area contributed by atoms with Crippen molar-refractivity contribution < 1.29 is 4.92 Å². The van der Waals surface area contributed by atoms with E-state index in [0.717, 1.165) is 76.3 Å². The minimum absolute atomic E-state index is 0.0802. The average Bonchev–Trinajstić information content (AvgIpc) is 2.74. The Morgan fingerprint density at radius 3 is 2.75 bits per heavy atom. The van der Waals surface area contributed by atoms with Crippen molar-refractivity contribution in [3.8, 4) is 11.4 Å². The van der Waals surface area contributed by atoms with Gasteiger partial charge >= 0.3 is 0 Å². The summed E-state index contributed by atoms with van der Waals surface area (Å²) >= 11 is 5.60. The zero-order chi connectivity index (χ0) is 19.5. The monoisotopic (exact) mass is 399 g/mol. The number of non-ortho nitro benzene ring substituents is 1. The van der Waals surface area contributed by atoms with Crippen molar-refractivity contribution in [3.05, 3.63) is 50.3 Å². The molecule has 148 valence electrons. The molecule has 0 radical (unpaired) electrons. The second-order valence-corrected chi connectivity index (χ2v) is 7.81. The third-order valence-corrected chi connectivity index (χ3v) is 5.99. The highest BCUT2D eigenvalue weighted by Crippen LogP contribution is 2.29. The van der Waals surface area contributed by atoms with E-state index in [0.29, 0.717) is 4.64 Å². The van der Waals surface area contributed by atoms with Gasteiger partial charge in [0.2, 0.25) is 0 Å². The Morgan fingerprint density at radius 1 is 1.18 bits per heavy atom. The minimum atomic E-state index is -0.360. The highest BCUT2D eigenvalue weighted by atomic mass is 32.1. The summed E-state index contributed by atoms with van der Waals surface area (Å²) in [5.74, 6) is 0.754. The molecule has 0 atom stereocenters. The van der Waals surface area contributed by atoms with Gasteiger partial charge in [0.1, 0.15) is 10.5 Å². The number of fused-ring (bicyclic) bond motifs is 1. The Bertz CT molecular complexity index is 937. The molecule has 0 unspecified atom stereocenters. The Kier molecular flexibility index (Phi) is 5.79. The first-order valence-electron chi connectivity index (χ1n) is 9.94. The SMILES string of the molecule is O=[N+]([O-])c1cccc(-c2nc(=S)c3c(n2CCN2CCNCC2)CCCC3)c1. The van der Waals surface area contributed by atoms with Gasteiger partial charge in [0.05, 0.1) is 4.92 Å². The van der Waals surface area contributed by atoms with Crippen molar-refractivity contribution in [2.24, 2.45) is 0 Å². The van der Waals surface area contributed by atoms with Crippen LogP contribution in [-0.4, -0.2) is 52.1 Å². The molecule has 1 aromatic heterocycles. The first-order chi connectivity index (χ1) is 13.6. The number of benzene rings is 1. The fourth-order valence-electron chi connectivity index (χ4n) is 4.17. The van der Waals surface area contributed by atoms with Crippen LogP contribution in [-0.2, 0) is 19.4 Å². The molecule has 2 aromatic rings. The van der Waals surface area contributed by atoms with E-state index in [1.807, 2.05) is 6.07 Å². The lowest BCUT2D eigenvalue weighted by molar-refractivity contribution is -0.384. The van der Waals surface area contributed by atoms with Gasteiger partial charge < -0.3 is 9.88 Å². The number of nitrogens with one attached hydrogen (secondary N) is 1. The largest absolute Gasteiger partial charge is 0.328 e. The van der Waals surface area contributed by atoms with Gasteiger partial charge in [0.25, 0.3) is 5.69 Å². The second kappa shape index (κ2) is 8.46. The van der Waals surface area contributed by atoms with E-state index < -0.39 is 0 Å². The molecule has 0 amide bonds. The molecule has 1 aliphatic heterocycles. The minimum Gasteiger partial charge on any atom is -0.328 e. The molecule has 1 aromatic carbocycles. The number of aromatic nitrogens is 2. The lowest BCUT2D eigenvalue weighted by Gasteiger charge is -2.30. The predicted molar refractivity (Wildman–Crippen MR) is 111 cm³/mol. The van der Waals surface area contributed by atoms with Crippen LogP contribution in [0.5, 0.6) is 0 Å². The van der Waals surface area contributed by atoms with Crippen molar-refractivity contribution in [2.75, 3.05) is 32.7 Å². The highest BCUT2D eigenvalue weighted by molar-refractivity contribution is 7.71. The van der Waals surface area contributed by atoms with Crippen LogP contribution in [0.1, 0.15) is 24.1 Å². The van der Waals surface area contributed by atoms with E-state index in [4.69, 9.17) is 17.2 Å². The van der Waals surface area contributed by atoms with Crippen LogP contribution in [0, 0.1) is 14.8 Å². The normalized spacial score (nSPS) is 17.3. The maximum absolute atomic E-state index is 11.2. The average molecular weight is 400 g/mol. The predicted octanol–water partition coefficient (Wildman–Crippen LogP) is 2.97. The number of piperazine rings is 1. The molecule has 2 aliphatic rings. The summed E-state index contributed by atoms with van der Waals surface area (Å²) in [6.45, 7) is 5.89. The first kappa shape index (κ1) is 19.2. The maximum Gasteiger partial charge on any atom is 0.270 e. The summed E-state index contributed by atoms with van der Waals surface area (Å²) in [6, 6.07) is 6.73. The molecule has 0 saturated carbocycles. The van der Waals surface area contributed by atoms with Crippen LogP contribution in [0.4, 0.5) is 5.69 Å². The van der Waals surface area contributed by atoms with E-state index in [-0.39, 0.29) is 10.6 Å². The molecule has 1 fully saturated rings. The van der Waals surface area contributed by atoms with Gasteiger partial charge in [0, 0.05) is 68.2 Å². The van der Waals surface area contributed by atoms with E-state index in [2.05, 4.69) is 14.8 Å². The molecule has 0 bridgehead atoms. The molecule has 4 rings (SSSR count). The molecule has 1 N–H and O–H groups in total. The first-order valence-corrected chi connectivity index (χ1v) is 10.3. The number of rotatable bonds is 5. The Labute approximate surface area is 169 Å². The number of nitro benzene ring substituents is 1. The summed E-state index contributed by atoms with van der Waals surface area (Å²) in [5, 5.41) is 14.6. The molecule has 2 heterocycles. The highest BCUT2D eigenvalue weighted by Gasteiger charge is 2.21. The number of hydrogen-bond acceptors (Lipinski definition) is 6. The molecule has 7 nitrogen and oxygen atoms in total. The third kappa shape index (κ3) is 3.99. The Morgan fingerprint density at radius 2 is 1.96 bits per heavy atom. The zero-order valence-corrected chi connectivity index (χ0v) is 16.7. The van der Waals surface area contributed by atoms with Crippen LogP contribution >= 0.6 is 12.2 Å². The third-order valence-electron chi connectivity index (χ3n) is 5.65. The van der Waals surface area contributed by atoms with Crippen LogP contribution in [0.15, 0.2) is 24.3 Å². The van der Waals surface area contributed by atoms with Crippen LogP contribution in [0.25, 0.3) is 11.4 Å². The molecule has 8 heteroatoms. The second-order valence-electron chi connectivity index (χ2n) is 7.42. The Hall–Kier alpha value is -2.16. The standard InChI is InChI=1S/C20H25N5O2S/c26-25(27)16-5-3-4-15(14-16)19-22-20(28)17-6-1-2-7-18(17)24(19)13-12-23-10-8-21-9-11-23/h3-5,14,21H,1-2,6-13H2. The maximum atomic E-state index is 11.2. The van der Waals surface area contributed by atoms with Crippen LogP contribution in [0.2, 0.25) is 0 Å². The summed E-state index contributed by atoms with van der Waals surface area (Å²) in [7, 11) is 0. The van der Waals surface area contributed by atoms with Gasteiger partial charge in [-0.2, -0.15) is 0 Å². The van der Waals surface area contributed by atoms with Crippen molar-refractivity contribution in [2.45, 2.75) is 32.2 Å². The molecule has 0 spiro atoms. The topological polar surface area (TPSA) is 76.2 Å². The fraction of sp³-hybridized carbons (Fsp3) is 0.500. The molecular weight excluding hydrogens is 374 g/mol. The van der Waals surface area contributed by atoms with Gasteiger partial charge in [-0.1, -0.05) is 24.4 Å². The van der Waals surface area contributed by atoms with Gasteiger partial charge in [-0.15, -0.1) is 0 Å². The fourth-order valence-corrected chi connectivity index (χ4v) is 4.47. The van der Waals surface area contributed by atoms with Gasteiger partial charge in [-0.05, 0) is 25.7 Å². The van der Waals surface area contributed by atoms with Crippen LogP contribution < -0.4 is 5.32 Å². The van der Waals surface area contributed by atoms with Crippen molar-refractivity contribution in [3.63, 3.8) is 0 Å². The summed E-state index contributed by atoms with van der Waals surface area (Å²) in [5.41, 5.74) is 3.30. The summed E-state index contributed by atoms with van der Waals surface area (Å²) in [6.07, 6.45) is 4.26. The van der Waals surface area contributed by atoms with Crippen molar-refractivity contribution in [1.82, 2.24) is 19.8 Å². The summed E-state index contributed by atoms with van der Waals surface area (Å²) in [4.78, 5) is 18.1. The number of nitrogens with zero attached hydrogens (tertiary/aromatic N) is 4. The summed E-state index contributed by atoms with van der Waals surface area (Å²) < 4.78 is 2.92. The molecule has 1 aliphatic carbocycles. The Balaban J connectivity index is 1.76. The van der Waals surface area contributed by atoms with Gasteiger partial charge in [-0.3, -0.25) is 15.0 Å². The van der Waals surface area contributed by atoms with E-state index in [9.17, 15) is 10.1 Å².